The molecular weight excluding hydrogens is 685 g/mol. The number of hydrogen-bond acceptors (Lipinski definition) is 7. The molecule has 0 aromatic heterocycles. The number of unbranched alkanes of at least 4 members (excludes halogenated alkanes) is 10. The van der Waals surface area contributed by atoms with Gasteiger partial charge in [-0.25, -0.2) is 14.4 Å². The molecule has 0 N–H and O–H groups in total. The van der Waals surface area contributed by atoms with Crippen LogP contribution in [0.3, 0.4) is 0 Å². The van der Waals surface area contributed by atoms with Crippen molar-refractivity contribution in [2.75, 3.05) is 6.61 Å². The number of carbonyl (C=O) groups excluding carboxylic acids is 3. The Kier molecular flexibility index (Phi) is 16.2. The molecule has 0 aliphatic rings. The van der Waals surface area contributed by atoms with Crippen molar-refractivity contribution in [3.63, 3.8) is 0 Å². The van der Waals surface area contributed by atoms with E-state index in [2.05, 4.69) is 6.92 Å². The minimum atomic E-state index is -4.85. The zero-order chi connectivity index (χ0) is 38.1. The second-order valence-corrected chi connectivity index (χ2v) is 13.1. The first-order chi connectivity index (χ1) is 25.6. The molecular formula is C43H49F3O7. The van der Waals surface area contributed by atoms with Crippen LogP contribution in [0.5, 0.6) is 17.2 Å². The third-order valence-electron chi connectivity index (χ3n) is 8.87. The molecule has 10 heteroatoms. The molecule has 1 atom stereocenters. The summed E-state index contributed by atoms with van der Waals surface area (Å²) in [5.74, 6) is -3.49. The van der Waals surface area contributed by atoms with Crippen LogP contribution in [0, 0.1) is 0 Å². The van der Waals surface area contributed by atoms with Gasteiger partial charge in [-0.1, -0.05) is 114 Å². The topological polar surface area (TPSA) is 88.1 Å². The number of alkyl halides is 3. The minimum absolute atomic E-state index is 0.103. The number of hydrogen-bond donors (Lipinski definition) is 0. The lowest BCUT2D eigenvalue weighted by atomic mass is 10.1. The van der Waals surface area contributed by atoms with Gasteiger partial charge in [-0.2, -0.15) is 13.2 Å². The summed E-state index contributed by atoms with van der Waals surface area (Å²) in [6.07, 6.45) is 3.93. The van der Waals surface area contributed by atoms with Crippen LogP contribution in [0.4, 0.5) is 13.2 Å². The molecule has 4 aromatic rings. The van der Waals surface area contributed by atoms with E-state index in [1.807, 2.05) is 25.1 Å². The molecule has 4 aromatic carbocycles. The van der Waals surface area contributed by atoms with Crippen molar-refractivity contribution in [2.45, 2.75) is 110 Å². The number of esters is 3. The maximum absolute atomic E-state index is 14.1. The van der Waals surface area contributed by atoms with Crippen LogP contribution in [-0.4, -0.2) is 36.8 Å². The molecule has 0 saturated heterocycles. The number of halogens is 3. The largest absolute Gasteiger partial charge is 0.494 e. The Labute approximate surface area is 309 Å². The molecule has 0 heterocycles. The van der Waals surface area contributed by atoms with E-state index in [0.29, 0.717) is 18.8 Å². The van der Waals surface area contributed by atoms with Gasteiger partial charge in [0.2, 0.25) is 0 Å². The van der Waals surface area contributed by atoms with Gasteiger partial charge < -0.3 is 18.9 Å². The zero-order valence-corrected chi connectivity index (χ0v) is 30.6. The van der Waals surface area contributed by atoms with E-state index >= 15 is 0 Å². The number of fused-ring (bicyclic) bond motifs is 1. The van der Waals surface area contributed by atoms with Crippen molar-refractivity contribution in [3.05, 3.63) is 102 Å². The molecule has 0 aliphatic carbocycles. The molecule has 0 aliphatic heterocycles. The maximum Gasteiger partial charge on any atom is 0.425 e. The van der Waals surface area contributed by atoms with Crippen molar-refractivity contribution >= 4 is 28.7 Å². The highest BCUT2D eigenvalue weighted by atomic mass is 19.4. The highest BCUT2D eigenvalue weighted by Crippen LogP contribution is 2.34. The molecule has 0 bridgehead atoms. The molecule has 0 spiro atoms. The second kappa shape index (κ2) is 21.0. The van der Waals surface area contributed by atoms with E-state index in [1.54, 1.807) is 30.3 Å². The van der Waals surface area contributed by atoms with Gasteiger partial charge in [0.25, 0.3) is 0 Å². The van der Waals surface area contributed by atoms with Crippen molar-refractivity contribution in [2.24, 2.45) is 0 Å². The van der Waals surface area contributed by atoms with Crippen molar-refractivity contribution in [1.29, 1.82) is 0 Å². The fraction of sp³-hybridized carbons (Fsp3) is 0.419. The van der Waals surface area contributed by atoms with Gasteiger partial charge in [0.15, 0.2) is 6.10 Å². The summed E-state index contributed by atoms with van der Waals surface area (Å²) in [6, 6.07) is 22.2. The van der Waals surface area contributed by atoms with E-state index in [4.69, 9.17) is 18.9 Å². The molecule has 284 valence electrons. The molecule has 0 saturated carbocycles. The average Bonchev–Trinajstić information content (AvgIpc) is 3.15. The molecule has 7 nitrogen and oxygen atoms in total. The summed E-state index contributed by atoms with van der Waals surface area (Å²) in [4.78, 5) is 40.2. The average molecular weight is 735 g/mol. The fourth-order valence-corrected chi connectivity index (χ4v) is 5.86. The standard InChI is InChI=1S/C43H49F3O7/c1-3-5-7-9-10-11-12-16-29-50-35-27-25-32(26-28-35)40(47)51-36-20-17-21-37(52-41(48)34-24-23-31-18-14-15-19-33(31)30-34)39(36)42(49)53-38(43(44,45)46)22-13-8-6-4-2/h14-15,17-21,23-28,30,38H,3-13,16,22,29H2,1-2H3/t38-/m1/s1. The number of carbonyl (C=O) groups is 3. The van der Waals surface area contributed by atoms with E-state index in [0.717, 1.165) is 42.9 Å². The van der Waals surface area contributed by atoms with E-state index in [-0.39, 0.29) is 17.5 Å². The quantitative estimate of drug-likeness (QED) is 0.0478. The monoisotopic (exact) mass is 734 g/mol. The van der Waals surface area contributed by atoms with Crippen molar-refractivity contribution < 1.29 is 46.5 Å². The van der Waals surface area contributed by atoms with Gasteiger partial charge in [0, 0.05) is 0 Å². The zero-order valence-electron chi connectivity index (χ0n) is 30.6. The minimum Gasteiger partial charge on any atom is -0.494 e. The van der Waals surface area contributed by atoms with Gasteiger partial charge in [-0.05, 0) is 78.6 Å². The summed E-state index contributed by atoms with van der Waals surface area (Å²) in [7, 11) is 0. The second-order valence-electron chi connectivity index (χ2n) is 13.1. The molecule has 0 fully saturated rings. The van der Waals surface area contributed by atoms with E-state index in [1.165, 1.54) is 68.5 Å². The first-order valence-electron chi connectivity index (χ1n) is 18.7. The highest BCUT2D eigenvalue weighted by molar-refractivity contribution is 6.01. The van der Waals surface area contributed by atoms with Crippen LogP contribution >= 0.6 is 0 Å². The van der Waals surface area contributed by atoms with Crippen molar-refractivity contribution in [1.82, 2.24) is 0 Å². The number of rotatable bonds is 21. The summed E-state index contributed by atoms with van der Waals surface area (Å²) >= 11 is 0. The highest BCUT2D eigenvalue weighted by Gasteiger charge is 2.43. The van der Waals surface area contributed by atoms with Gasteiger partial charge in [-0.3, -0.25) is 0 Å². The summed E-state index contributed by atoms with van der Waals surface area (Å²) in [5.41, 5.74) is -0.381. The summed E-state index contributed by atoms with van der Waals surface area (Å²) in [5, 5.41) is 1.63. The van der Waals surface area contributed by atoms with Crippen molar-refractivity contribution in [3.8, 4) is 17.2 Å². The van der Waals surface area contributed by atoms with Crippen LogP contribution < -0.4 is 14.2 Å². The Hall–Kier alpha value is -4.86. The lowest BCUT2D eigenvalue weighted by Crippen LogP contribution is -2.34. The summed E-state index contributed by atoms with van der Waals surface area (Å²) < 4.78 is 64.2. The Bertz CT molecular complexity index is 1770. The molecule has 0 radical (unpaired) electrons. The Morgan fingerprint density at radius 2 is 1.13 bits per heavy atom. The van der Waals surface area contributed by atoms with E-state index in [9.17, 15) is 27.6 Å². The molecule has 0 unspecified atom stereocenters. The van der Waals surface area contributed by atoms with Gasteiger partial charge in [0.1, 0.15) is 22.8 Å². The molecule has 4 rings (SSSR count). The van der Waals surface area contributed by atoms with Crippen LogP contribution in [0.2, 0.25) is 0 Å². The Morgan fingerprint density at radius 3 is 1.75 bits per heavy atom. The van der Waals surface area contributed by atoms with Crippen LogP contribution in [0.25, 0.3) is 10.8 Å². The molecule has 0 amide bonds. The number of ether oxygens (including phenoxy) is 4. The fourth-order valence-electron chi connectivity index (χ4n) is 5.86. The smallest absolute Gasteiger partial charge is 0.425 e. The lowest BCUT2D eigenvalue weighted by molar-refractivity contribution is -0.206. The first-order valence-corrected chi connectivity index (χ1v) is 18.7. The lowest BCUT2D eigenvalue weighted by Gasteiger charge is -2.22. The Balaban J connectivity index is 1.50. The van der Waals surface area contributed by atoms with Crippen LogP contribution in [0.1, 0.15) is 128 Å². The predicted octanol–water partition coefficient (Wildman–Crippen LogP) is 11.9. The normalized spacial score (nSPS) is 11.9. The third-order valence-corrected chi connectivity index (χ3v) is 8.87. The van der Waals surface area contributed by atoms with Gasteiger partial charge in [-0.15, -0.1) is 0 Å². The first kappa shape index (κ1) is 40.9. The van der Waals surface area contributed by atoms with Crippen LogP contribution in [0.15, 0.2) is 84.9 Å². The third kappa shape index (κ3) is 12.9. The maximum atomic E-state index is 14.1. The Morgan fingerprint density at radius 1 is 0.585 bits per heavy atom. The molecule has 53 heavy (non-hydrogen) atoms. The van der Waals surface area contributed by atoms with E-state index < -0.39 is 53.7 Å². The summed E-state index contributed by atoms with van der Waals surface area (Å²) in [6.45, 7) is 4.66. The predicted molar refractivity (Wildman–Crippen MR) is 199 cm³/mol. The van der Waals surface area contributed by atoms with Gasteiger partial charge >= 0.3 is 24.1 Å². The van der Waals surface area contributed by atoms with Crippen LogP contribution in [-0.2, 0) is 4.74 Å². The van der Waals surface area contributed by atoms with Gasteiger partial charge in [0.05, 0.1) is 17.7 Å². The SMILES string of the molecule is CCCCCCCCCCOc1ccc(C(=O)Oc2cccc(OC(=O)c3ccc4ccccc4c3)c2C(=O)O[C@H](CCCCCC)C(F)(F)F)cc1. The number of benzene rings is 4.